The van der Waals surface area contributed by atoms with E-state index in [2.05, 4.69) is 179 Å². The van der Waals surface area contributed by atoms with Crippen LogP contribution >= 0.6 is 0 Å². The highest BCUT2D eigenvalue weighted by atomic mass is 15.0. The zero-order valence-electron chi connectivity index (χ0n) is 34.6. The van der Waals surface area contributed by atoms with Gasteiger partial charge in [0.2, 0.25) is 0 Å². The van der Waals surface area contributed by atoms with Gasteiger partial charge in [-0.2, -0.15) is 5.26 Å². The molecule has 0 N–H and O–H groups in total. The first-order valence-corrected chi connectivity index (χ1v) is 21.5. The number of hydrogen-bond donors (Lipinski definition) is 0. The second kappa shape index (κ2) is 15.3. The summed E-state index contributed by atoms with van der Waals surface area (Å²) in [6.45, 7) is 0. The second-order valence-corrected chi connectivity index (χ2v) is 16.0. The zero-order chi connectivity index (χ0) is 42.6. The molecule has 5 nitrogen and oxygen atoms in total. The van der Waals surface area contributed by atoms with Crippen molar-refractivity contribution in [1.29, 1.82) is 5.26 Å². The first kappa shape index (κ1) is 37.0. The number of hydrogen-bond acceptors (Lipinski definition) is 3. The molecule has 9 aromatic carbocycles. The number of nitrogens with zero attached hydrogens (tertiary/aromatic N) is 5. The van der Waals surface area contributed by atoms with Gasteiger partial charge in [-0.1, -0.05) is 176 Å². The fourth-order valence-corrected chi connectivity index (χ4v) is 9.53. The van der Waals surface area contributed by atoms with Crippen molar-refractivity contribution < 1.29 is 0 Å². The Kier molecular flexibility index (Phi) is 8.81. The molecule has 0 fully saturated rings. The quantitative estimate of drug-likeness (QED) is 0.161. The summed E-state index contributed by atoms with van der Waals surface area (Å²) in [4.78, 5) is 10.5. The highest BCUT2D eigenvalue weighted by molar-refractivity contribution is 6.13. The molecule has 0 aliphatic rings. The number of para-hydroxylation sites is 3. The van der Waals surface area contributed by atoms with Crippen LogP contribution in [-0.2, 0) is 0 Å². The van der Waals surface area contributed by atoms with Crippen molar-refractivity contribution in [1.82, 2.24) is 19.1 Å². The van der Waals surface area contributed by atoms with E-state index in [0.29, 0.717) is 22.8 Å². The van der Waals surface area contributed by atoms with Crippen molar-refractivity contribution in [2.24, 2.45) is 0 Å². The largest absolute Gasteiger partial charge is 0.309 e. The highest BCUT2D eigenvalue weighted by Crippen LogP contribution is 2.45. The first-order chi connectivity index (χ1) is 31.7. The van der Waals surface area contributed by atoms with E-state index in [1.165, 1.54) is 21.8 Å². The zero-order valence-corrected chi connectivity index (χ0v) is 34.6. The smallest absolute Gasteiger partial charge is 0.160 e. The van der Waals surface area contributed by atoms with E-state index in [4.69, 9.17) is 9.97 Å². The van der Waals surface area contributed by atoms with Crippen LogP contribution in [0.5, 0.6) is 0 Å². The predicted molar refractivity (Wildman–Crippen MR) is 263 cm³/mol. The molecule has 0 aliphatic carbocycles. The van der Waals surface area contributed by atoms with Crippen LogP contribution in [0.1, 0.15) is 5.56 Å². The Morgan fingerprint density at radius 1 is 0.344 bits per heavy atom. The molecule has 0 saturated heterocycles. The van der Waals surface area contributed by atoms with E-state index >= 15 is 0 Å². The third kappa shape index (κ3) is 6.00. The molecule has 3 aromatic heterocycles. The molecule has 0 amide bonds. The van der Waals surface area contributed by atoms with Gasteiger partial charge in [-0.3, -0.25) is 0 Å². The maximum absolute atomic E-state index is 10.7. The van der Waals surface area contributed by atoms with Crippen molar-refractivity contribution in [2.75, 3.05) is 0 Å². The van der Waals surface area contributed by atoms with Gasteiger partial charge < -0.3 is 9.13 Å². The maximum atomic E-state index is 10.7. The number of aromatic nitrogens is 4. The lowest BCUT2D eigenvalue weighted by molar-refractivity contribution is 1.15. The van der Waals surface area contributed by atoms with Crippen molar-refractivity contribution in [3.63, 3.8) is 0 Å². The van der Waals surface area contributed by atoms with Gasteiger partial charge in [-0.15, -0.1) is 0 Å². The molecular formula is C59H37N5. The van der Waals surface area contributed by atoms with E-state index in [9.17, 15) is 5.26 Å². The predicted octanol–water partition coefficient (Wildman–Crippen LogP) is 14.9. The highest BCUT2D eigenvalue weighted by Gasteiger charge is 2.25. The monoisotopic (exact) mass is 815 g/mol. The molecule has 12 aromatic rings. The summed E-state index contributed by atoms with van der Waals surface area (Å²) < 4.78 is 4.83. The van der Waals surface area contributed by atoms with Gasteiger partial charge in [0.05, 0.1) is 39.1 Å². The van der Waals surface area contributed by atoms with Crippen LogP contribution in [0.25, 0.3) is 111 Å². The summed E-state index contributed by atoms with van der Waals surface area (Å²) in [5, 5.41) is 15.5. The summed E-state index contributed by atoms with van der Waals surface area (Å²) in [6, 6.07) is 81.0. The van der Waals surface area contributed by atoms with E-state index in [1.807, 2.05) is 60.7 Å². The number of fused-ring (bicyclic) bond motifs is 6. The molecule has 0 spiro atoms. The van der Waals surface area contributed by atoms with Crippen molar-refractivity contribution in [3.05, 3.63) is 230 Å². The average Bonchev–Trinajstić information content (AvgIpc) is 3.89. The molecule has 0 atom stereocenters. The summed E-state index contributed by atoms with van der Waals surface area (Å²) in [6.07, 6.45) is 0. The SMILES string of the molecule is N#Cc1c(-c2ccccc2)nc(-c2cc(-c3ccccc3)c(-n3c4ccccc4c4cc(-n5c6ccccc6c6ccccc65)ccc43)c(-c3ccccc3)c2)nc1-c1ccccc1. The van der Waals surface area contributed by atoms with Gasteiger partial charge >= 0.3 is 0 Å². The molecule has 12 rings (SSSR count). The van der Waals surface area contributed by atoms with Gasteiger partial charge in [0, 0.05) is 55.0 Å². The van der Waals surface area contributed by atoms with E-state index in [1.54, 1.807) is 0 Å². The van der Waals surface area contributed by atoms with E-state index < -0.39 is 0 Å². The minimum absolute atomic E-state index is 0.440. The van der Waals surface area contributed by atoms with Crippen LogP contribution in [0.3, 0.4) is 0 Å². The van der Waals surface area contributed by atoms with Gasteiger partial charge in [0.25, 0.3) is 0 Å². The summed E-state index contributed by atoms with van der Waals surface area (Å²) in [5.74, 6) is 0.538. The molecule has 0 aliphatic heterocycles. The van der Waals surface area contributed by atoms with Gasteiger partial charge in [0.1, 0.15) is 11.6 Å². The Balaban J connectivity index is 1.17. The van der Waals surface area contributed by atoms with Crippen LogP contribution in [0.15, 0.2) is 224 Å². The molecule has 3 heterocycles. The molecule has 64 heavy (non-hydrogen) atoms. The molecule has 0 radical (unpaired) electrons. The third-order valence-electron chi connectivity index (χ3n) is 12.4. The second-order valence-electron chi connectivity index (χ2n) is 16.0. The average molecular weight is 816 g/mol. The Hall–Kier alpha value is -8.85. The molecular weight excluding hydrogens is 779 g/mol. The van der Waals surface area contributed by atoms with Crippen molar-refractivity contribution >= 4 is 43.6 Å². The standard InChI is InChI=1S/C59H37N5/c60-38-51-56(41-23-9-3-10-24-41)61-59(62-57(51)42-25-11-4-12-26-42)43-35-48(39-19-5-1-6-20-39)58(49(36-43)40-21-7-2-8-22-40)64-54-32-18-15-29-47(54)50-37-44(33-34-55(50)64)63-52-30-16-13-27-45(52)46-28-14-17-31-53(46)63/h1-37H. The van der Waals surface area contributed by atoms with Crippen LogP contribution < -0.4 is 0 Å². The van der Waals surface area contributed by atoms with Crippen LogP contribution in [0.4, 0.5) is 0 Å². The first-order valence-electron chi connectivity index (χ1n) is 21.5. The number of rotatable bonds is 7. The fourth-order valence-electron chi connectivity index (χ4n) is 9.53. The van der Waals surface area contributed by atoms with Crippen LogP contribution in [0, 0.1) is 11.3 Å². The van der Waals surface area contributed by atoms with Crippen LogP contribution in [0.2, 0.25) is 0 Å². The molecule has 0 unspecified atom stereocenters. The van der Waals surface area contributed by atoms with Gasteiger partial charge in [0.15, 0.2) is 5.82 Å². The van der Waals surface area contributed by atoms with E-state index in [0.717, 1.165) is 72.1 Å². The topological polar surface area (TPSA) is 59.4 Å². The Bertz CT molecular complexity index is 3590. The Morgan fingerprint density at radius 2 is 0.734 bits per heavy atom. The lowest BCUT2D eigenvalue weighted by Crippen LogP contribution is -2.04. The van der Waals surface area contributed by atoms with Gasteiger partial charge in [-0.25, -0.2) is 9.97 Å². The third-order valence-corrected chi connectivity index (χ3v) is 12.4. The number of benzene rings is 9. The summed E-state index contributed by atoms with van der Waals surface area (Å²) in [5.41, 5.74) is 15.1. The summed E-state index contributed by atoms with van der Waals surface area (Å²) in [7, 11) is 0. The lowest BCUT2D eigenvalue weighted by atomic mass is 9.92. The fraction of sp³-hybridized carbons (Fsp3) is 0. The molecule has 298 valence electrons. The molecule has 5 heteroatoms. The minimum atomic E-state index is 0.440. The molecule has 0 saturated carbocycles. The Labute approximate surface area is 370 Å². The number of nitriles is 1. The van der Waals surface area contributed by atoms with Crippen molar-refractivity contribution in [3.8, 4) is 73.6 Å². The van der Waals surface area contributed by atoms with Crippen LogP contribution in [-0.4, -0.2) is 19.1 Å². The molecule has 0 bridgehead atoms. The van der Waals surface area contributed by atoms with Gasteiger partial charge in [-0.05, 0) is 59.7 Å². The lowest BCUT2D eigenvalue weighted by Gasteiger charge is -2.21. The normalized spacial score (nSPS) is 11.4. The maximum Gasteiger partial charge on any atom is 0.160 e. The van der Waals surface area contributed by atoms with Crippen molar-refractivity contribution in [2.45, 2.75) is 0 Å². The van der Waals surface area contributed by atoms with E-state index in [-0.39, 0.29) is 0 Å². The Morgan fingerprint density at radius 3 is 1.20 bits per heavy atom. The minimum Gasteiger partial charge on any atom is -0.309 e. The summed E-state index contributed by atoms with van der Waals surface area (Å²) >= 11 is 0.